The van der Waals surface area contributed by atoms with E-state index < -0.39 is 132 Å². The summed E-state index contributed by atoms with van der Waals surface area (Å²) in [4.78, 5) is 164. The van der Waals surface area contributed by atoms with Crippen molar-refractivity contribution in [2.75, 3.05) is 56.4 Å². The van der Waals surface area contributed by atoms with Gasteiger partial charge >= 0.3 is 11.9 Å². The maximum atomic E-state index is 15.2. The van der Waals surface area contributed by atoms with E-state index in [9.17, 15) is 48.6 Å². The second-order valence-corrected chi connectivity index (χ2v) is 27.3. The molecule has 0 saturated carbocycles. The van der Waals surface area contributed by atoms with Crippen molar-refractivity contribution in [3.8, 4) is 0 Å². The molecule has 0 aliphatic carbocycles. The number of primary amides is 1. The molecule has 22 heteroatoms. The van der Waals surface area contributed by atoms with Gasteiger partial charge in [-0.3, -0.25) is 47.9 Å². The normalized spacial score (nSPS) is 15.1. The molecule has 0 aliphatic rings. The van der Waals surface area contributed by atoms with Gasteiger partial charge in [0.2, 0.25) is 53.2 Å². The third-order valence-electron chi connectivity index (χ3n) is 17.5. The van der Waals surface area contributed by atoms with Crippen molar-refractivity contribution in [2.45, 2.75) is 254 Å². The first-order valence-corrected chi connectivity index (χ1v) is 32.8. The molecule has 1 unspecified atom stereocenters. The number of allylic oxidation sites excluding steroid dienone is 1. The van der Waals surface area contributed by atoms with Gasteiger partial charge in [-0.05, 0) is 92.4 Å². The number of hydrogen-bond acceptors (Lipinski definition) is 11. The van der Waals surface area contributed by atoms with Crippen molar-refractivity contribution in [3.05, 3.63) is 12.2 Å². The average molecular weight is 1260 g/mol. The Morgan fingerprint density at radius 2 is 0.753 bits per heavy atom. The van der Waals surface area contributed by atoms with E-state index in [0.717, 1.165) is 39.9 Å². The number of carbonyl (C=O) groups is 11. The van der Waals surface area contributed by atoms with Gasteiger partial charge in [0.1, 0.15) is 48.3 Å². The Morgan fingerprint density at radius 3 is 1.10 bits per heavy atom. The Morgan fingerprint density at radius 1 is 0.404 bits per heavy atom. The van der Waals surface area contributed by atoms with Crippen LogP contribution in [0.5, 0.6) is 0 Å². The largest absolute Gasteiger partial charge is 0.481 e. The number of aliphatic carboxylic acids is 2. The highest BCUT2D eigenvalue weighted by atomic mass is 16.4. The van der Waals surface area contributed by atoms with E-state index >= 15 is 14.4 Å². The van der Waals surface area contributed by atoms with Gasteiger partial charge in [0.25, 0.3) is 0 Å². The fraction of sp³-hybridized carbons (Fsp3) is 0.806. The lowest BCUT2D eigenvalue weighted by molar-refractivity contribution is -0.160. The number of carboxylic acids is 2. The van der Waals surface area contributed by atoms with Gasteiger partial charge in [-0.1, -0.05) is 154 Å². The van der Waals surface area contributed by atoms with Gasteiger partial charge in [0.05, 0.1) is 6.42 Å². The number of nitrogens with two attached hydrogens (primary N) is 1. The first-order chi connectivity index (χ1) is 41.2. The number of amides is 9. The summed E-state index contributed by atoms with van der Waals surface area (Å²) in [5.74, 6) is -9.61. The predicted octanol–water partition coefficient (Wildman–Crippen LogP) is 8.04. The summed E-state index contributed by atoms with van der Waals surface area (Å²) < 4.78 is 0. The summed E-state index contributed by atoms with van der Waals surface area (Å²) in [7, 11) is 11.2. The Balaban J connectivity index is 7.23. The van der Waals surface area contributed by atoms with E-state index in [1.807, 2.05) is 55.4 Å². The van der Waals surface area contributed by atoms with Crippen LogP contribution in [0.3, 0.4) is 0 Å². The van der Waals surface area contributed by atoms with Crippen molar-refractivity contribution in [2.24, 2.45) is 47.2 Å². The number of hydrogen-bond donors (Lipinski definition) is 3. The number of unbranched alkanes of at least 4 members (excludes halogenated alkanes) is 6. The third kappa shape index (κ3) is 26.7. The van der Waals surface area contributed by atoms with Gasteiger partial charge in [-0.25, -0.2) is 4.79 Å². The number of rotatable bonds is 43. The van der Waals surface area contributed by atoms with Crippen LogP contribution in [0.2, 0.25) is 0 Å². The van der Waals surface area contributed by atoms with Crippen molar-refractivity contribution in [3.63, 3.8) is 0 Å². The summed E-state index contributed by atoms with van der Waals surface area (Å²) in [6, 6.07) is -10.2. The molecule has 0 spiro atoms. The molecule has 0 bridgehead atoms. The zero-order chi connectivity index (χ0) is 69.1. The molecule has 0 saturated heterocycles. The second-order valence-electron chi connectivity index (χ2n) is 27.3. The van der Waals surface area contributed by atoms with Gasteiger partial charge in [0.15, 0.2) is 0 Å². The molecule has 9 amide bonds. The molecule has 0 aliphatic heterocycles. The minimum atomic E-state index is -1.68. The smallest absolute Gasteiger partial charge is 0.326 e. The minimum absolute atomic E-state index is 0.0842. The van der Waals surface area contributed by atoms with E-state index in [1.165, 1.54) is 119 Å². The van der Waals surface area contributed by atoms with Gasteiger partial charge < -0.3 is 55.1 Å². The van der Waals surface area contributed by atoms with E-state index in [2.05, 4.69) is 13.8 Å². The molecule has 0 fully saturated rings. The molecule has 0 radical (unpaired) electrons. The predicted molar refractivity (Wildman–Crippen MR) is 348 cm³/mol. The first-order valence-electron chi connectivity index (χ1n) is 32.8. The van der Waals surface area contributed by atoms with E-state index in [-0.39, 0.29) is 62.2 Å². The van der Waals surface area contributed by atoms with Crippen LogP contribution in [-0.2, 0) is 52.7 Å². The van der Waals surface area contributed by atoms with Crippen LogP contribution in [0.4, 0.5) is 0 Å². The molecule has 10 atom stereocenters. The molecule has 4 N–H and O–H groups in total. The fourth-order valence-electron chi connectivity index (χ4n) is 11.5. The summed E-state index contributed by atoms with van der Waals surface area (Å²) in [5.41, 5.74) is 5.58. The Kier molecular flexibility index (Phi) is 37.8. The van der Waals surface area contributed by atoms with Gasteiger partial charge in [-0.15, -0.1) is 0 Å². The maximum absolute atomic E-state index is 15.2. The minimum Gasteiger partial charge on any atom is -0.481 e. The number of likely N-dealkylation sites (N-methyl/N-ethyl adjacent to an activating group) is 8. The van der Waals surface area contributed by atoms with Crippen molar-refractivity contribution >= 4 is 65.1 Å². The quantitative estimate of drug-likeness (QED) is 0.0385. The molecular weight excluding hydrogens is 1140 g/mol. The average Bonchev–Trinajstić information content (AvgIpc) is 0.926. The highest BCUT2D eigenvalue weighted by Gasteiger charge is 2.46. The summed E-state index contributed by atoms with van der Waals surface area (Å²) in [6.07, 6.45) is 12.7. The Labute approximate surface area is 535 Å². The molecule has 512 valence electrons. The molecule has 0 heterocycles. The first kappa shape index (κ1) is 82.9. The molecule has 0 rings (SSSR count). The molecule has 0 aromatic heterocycles. The maximum Gasteiger partial charge on any atom is 0.326 e. The monoisotopic (exact) mass is 1260 g/mol. The Bertz CT molecular complexity index is 2330. The van der Waals surface area contributed by atoms with Crippen LogP contribution >= 0.6 is 0 Å². The zero-order valence-corrected chi connectivity index (χ0v) is 58.9. The number of nitrogens with zero attached hydrogens (tertiary/aromatic N) is 8. The lowest BCUT2D eigenvalue weighted by atomic mass is 9.94. The highest BCUT2D eigenvalue weighted by molar-refractivity contribution is 5.99. The summed E-state index contributed by atoms with van der Waals surface area (Å²) >= 11 is 0. The van der Waals surface area contributed by atoms with Crippen LogP contribution in [0.15, 0.2) is 12.2 Å². The van der Waals surface area contributed by atoms with E-state index in [0.29, 0.717) is 12.8 Å². The number of carboxylic acid groups (broad SMARTS) is 2. The second kappa shape index (κ2) is 40.6. The lowest BCUT2D eigenvalue weighted by Crippen LogP contribution is -2.62. The Hall–Kier alpha value is -6.09. The number of carbonyl (C=O) groups excluding carboxylic acids is 9. The topological polar surface area (TPSA) is 280 Å². The SMILES string of the molecule is CCC(C)CCCCCCCC/C=C/C(=O)N(C)[C@@H](CCC(N)=O)C(=O)N(C)[C@@H](CC(C)C)C(=O)N(C)[C@@H](CC(C)C)C(=O)N(C)[C@H](CC(C)C)C(=O)N(C)[C@H](C(=O)N(C)[C@@H](CC(=O)O)C(=O)N(C)[C@H](CC(C)C)C(=O)N(C)[C@H](C(=O)O)[C@@H](C)CC)C(C)C. The van der Waals surface area contributed by atoms with Gasteiger partial charge in [0, 0.05) is 62.8 Å². The van der Waals surface area contributed by atoms with Crippen LogP contribution in [-0.4, -0.2) is 219 Å². The third-order valence-corrected chi connectivity index (χ3v) is 17.5. The van der Waals surface area contributed by atoms with Crippen molar-refractivity contribution < 1.29 is 63.0 Å². The fourth-order valence-corrected chi connectivity index (χ4v) is 11.5. The van der Waals surface area contributed by atoms with Crippen LogP contribution in [0.1, 0.15) is 206 Å². The van der Waals surface area contributed by atoms with E-state index in [1.54, 1.807) is 33.8 Å². The molecule has 89 heavy (non-hydrogen) atoms. The summed E-state index contributed by atoms with van der Waals surface area (Å²) in [6.45, 7) is 26.2. The van der Waals surface area contributed by atoms with Crippen molar-refractivity contribution in [1.82, 2.24) is 39.2 Å². The van der Waals surface area contributed by atoms with Gasteiger partial charge in [-0.2, -0.15) is 0 Å². The standard InChI is InChI=1S/C67H121N9O13/c1-23-47(13)33-31-29-27-25-26-28-30-32-34-56(78)69(15)49(35-36-55(68)77)60(81)70(16)50(37-42(3)4)61(82)71(17)51(38-43(5)6)62(83)72(18)52(39-44(7)8)64(85)75(21)58(46(11)12)66(87)74(20)54(41-57(79)80)63(84)73(19)53(40-45(9)10)65(86)76(22)59(67(88)89)48(14)24-2/h32,34,42-54,58-59H,23-31,33,35-41H2,1-22H3,(H2,68,77)(H,79,80)(H,88,89)/b34-32+/t47?,48-,49-,50-,51-,52+,53+,54-,58-,59-/m0/s1. The van der Waals surface area contributed by atoms with Crippen LogP contribution in [0.25, 0.3) is 0 Å². The molecular formula is C67H121N9O13. The van der Waals surface area contributed by atoms with Crippen molar-refractivity contribution in [1.29, 1.82) is 0 Å². The molecule has 0 aromatic carbocycles. The molecule has 22 nitrogen and oxygen atoms in total. The zero-order valence-electron chi connectivity index (χ0n) is 58.9. The molecule has 0 aromatic rings. The lowest BCUT2D eigenvalue weighted by Gasteiger charge is -2.42. The van der Waals surface area contributed by atoms with Crippen LogP contribution < -0.4 is 5.73 Å². The van der Waals surface area contributed by atoms with E-state index in [4.69, 9.17) is 5.73 Å². The summed E-state index contributed by atoms with van der Waals surface area (Å²) in [5, 5.41) is 20.4. The highest BCUT2D eigenvalue weighted by Crippen LogP contribution is 2.27. The van der Waals surface area contributed by atoms with Crippen LogP contribution in [0, 0.1) is 41.4 Å².